The minimum Gasteiger partial charge on any atom is -0.468 e. The Hall–Kier alpha value is -7.02. The molecule has 0 aliphatic carbocycles. The molecule has 6 heterocycles. The highest BCUT2D eigenvalue weighted by Gasteiger charge is 2.48. The molecule has 57 heavy (non-hydrogen) atoms. The molecule has 0 spiro atoms. The fourth-order valence-electron chi connectivity index (χ4n) is 8.51. The van der Waals surface area contributed by atoms with E-state index in [4.69, 9.17) is 19.5 Å². The SMILES string of the molecule is [2H]c1c([2H])c([2H])c(-c2c([2H])c([2H])c3oc4c(c3c2[2H])N(c2c([2H])c([2H])c3c(sc5c([2H])c([2H])c([2H])c([2H])c53)c2[2H])c2c([2H])c(C)c([2H])c3c2B4c2c([2H])c([2H])c([2H])c4c2N3c2c([2H])c([2H])c([2H])c3c5c([2H])c([2H])c([2H])c([2H])c5n-4c23)c([2H])c1[2H]. The van der Waals surface area contributed by atoms with Gasteiger partial charge in [-0.3, -0.25) is 0 Å². The topological polar surface area (TPSA) is 24.6 Å². The molecule has 14 rings (SSSR count). The molecule has 0 amide bonds. The van der Waals surface area contributed by atoms with Gasteiger partial charge in [0, 0.05) is 53.4 Å². The van der Waals surface area contributed by atoms with Gasteiger partial charge in [-0.15, -0.1) is 11.3 Å². The number of thiophene rings is 1. The van der Waals surface area contributed by atoms with E-state index >= 15 is 0 Å². The average Bonchev–Trinajstić information content (AvgIpc) is 1.25. The van der Waals surface area contributed by atoms with E-state index in [1.54, 1.807) is 0 Å². The summed E-state index contributed by atoms with van der Waals surface area (Å²) in [4.78, 5) is 2.27. The third kappa shape index (κ3) is 3.79. The van der Waals surface area contributed by atoms with Crippen molar-refractivity contribution in [1.29, 1.82) is 0 Å². The maximum atomic E-state index is 10.2. The van der Waals surface area contributed by atoms with Crippen LogP contribution in [0, 0.1) is 6.92 Å². The molecule has 4 nitrogen and oxygen atoms in total. The molecule has 0 unspecified atom stereocenters. The molecule has 11 aromatic rings. The second-order valence-electron chi connectivity index (χ2n) is 13.6. The van der Waals surface area contributed by atoms with Crippen molar-refractivity contribution in [3.05, 3.63) is 169 Å². The van der Waals surface area contributed by atoms with E-state index in [1.807, 2.05) is 0 Å². The van der Waals surface area contributed by atoms with Crippen LogP contribution in [0.25, 0.3) is 69.8 Å². The molecule has 0 saturated carbocycles. The molecule has 3 aromatic heterocycles. The van der Waals surface area contributed by atoms with E-state index in [1.165, 1.54) is 11.8 Å². The van der Waals surface area contributed by atoms with Crippen LogP contribution in [0.4, 0.5) is 34.1 Å². The number of anilines is 6. The van der Waals surface area contributed by atoms with E-state index < -0.39 is 215 Å². The Kier molecular flexibility index (Phi) is 2.76. The summed E-state index contributed by atoms with van der Waals surface area (Å²) in [6.07, 6.45) is 0. The molecule has 3 aliphatic heterocycles. The van der Waals surface area contributed by atoms with Crippen LogP contribution < -0.4 is 26.4 Å². The van der Waals surface area contributed by atoms with Crippen molar-refractivity contribution in [2.45, 2.75) is 6.92 Å². The maximum Gasteiger partial charge on any atom is 0.297 e. The summed E-state index contributed by atoms with van der Waals surface area (Å²) in [5, 5.41) is -1.53. The number of furan rings is 1. The van der Waals surface area contributed by atoms with Gasteiger partial charge in [-0.1, -0.05) is 103 Å². The molecule has 8 aromatic carbocycles. The van der Waals surface area contributed by atoms with Crippen molar-refractivity contribution in [2.75, 3.05) is 9.80 Å². The lowest BCUT2D eigenvalue weighted by Crippen LogP contribution is -2.61. The number of hydrogen-bond donors (Lipinski definition) is 0. The first-order valence-electron chi connectivity index (χ1n) is 30.9. The minimum atomic E-state index is -1.79. The van der Waals surface area contributed by atoms with Crippen molar-refractivity contribution in [3.63, 3.8) is 0 Å². The summed E-state index contributed by atoms with van der Waals surface area (Å²) >= 11 is 0.682. The van der Waals surface area contributed by atoms with Gasteiger partial charge in [0.2, 0.25) is 0 Å². The van der Waals surface area contributed by atoms with E-state index in [0.717, 1.165) is 9.47 Å². The molecule has 0 bridgehead atoms. The lowest BCUT2D eigenvalue weighted by atomic mass is 9.35. The van der Waals surface area contributed by atoms with Crippen molar-refractivity contribution in [2.24, 2.45) is 0 Å². The number of para-hydroxylation sites is 3. The molecular weight excluding hydrogens is 713 g/mol. The van der Waals surface area contributed by atoms with E-state index in [9.17, 15) is 21.9 Å². The third-order valence-electron chi connectivity index (χ3n) is 10.7. The highest BCUT2D eigenvalue weighted by molar-refractivity contribution is 7.25. The van der Waals surface area contributed by atoms with Gasteiger partial charge in [-0.25, -0.2) is 0 Å². The second kappa shape index (κ2) is 10.6. The van der Waals surface area contributed by atoms with Crippen LogP contribution in [0.15, 0.2) is 168 Å². The van der Waals surface area contributed by atoms with Crippen molar-refractivity contribution < 1.29 is 41.4 Å². The van der Waals surface area contributed by atoms with Crippen molar-refractivity contribution in [1.82, 2.24) is 4.57 Å². The average molecular weight is 771 g/mol. The summed E-state index contributed by atoms with van der Waals surface area (Å²) in [5.74, 6) is 0. The van der Waals surface area contributed by atoms with Crippen molar-refractivity contribution in [3.8, 4) is 16.8 Å². The molecule has 0 atom stereocenters. The van der Waals surface area contributed by atoms with Crippen LogP contribution in [0.2, 0.25) is 0 Å². The van der Waals surface area contributed by atoms with Gasteiger partial charge < -0.3 is 18.8 Å². The molecule has 0 fully saturated rings. The molecule has 264 valence electrons. The monoisotopic (exact) mass is 770 g/mol. The smallest absolute Gasteiger partial charge is 0.297 e. The standard InChI is InChI=1S/C51H30BN3OS/c1-29-25-42-47-43(26-29)55-40-18-9-15-36-33-13-5-7-17-39(33)54(48(36)40)41-19-10-16-38(50(41)55)52(47)51-49(37-27-31(21-24-44(37)56-51)30-11-3-2-4-12-30)53(42)32-22-23-35-34-14-6-8-20-45(34)57-46(35)28-32/h2-28H,1H3/i2D,3D,4D,5D,6D,7D,8D,9D,10D,11D,12D,13D,14D,15D,16D,17D,18D,19D,20D,21D,22D,23D,24D,25D,26D,27D,28D. The number of rotatable bonds is 2. The van der Waals surface area contributed by atoms with Crippen LogP contribution in [0.5, 0.6) is 0 Å². The number of benzene rings is 8. The van der Waals surface area contributed by atoms with Gasteiger partial charge >= 0.3 is 0 Å². The fraction of sp³-hybridized carbons (Fsp3) is 0.0196. The van der Waals surface area contributed by atoms with Crippen LogP contribution in [-0.2, 0) is 0 Å². The van der Waals surface area contributed by atoms with E-state index in [0.29, 0.717) is 11.3 Å². The zero-order chi connectivity index (χ0) is 60.6. The predicted molar refractivity (Wildman–Crippen MR) is 241 cm³/mol. The maximum absolute atomic E-state index is 10.2. The van der Waals surface area contributed by atoms with E-state index in [-0.39, 0.29) is 81.2 Å². The Morgan fingerprint density at radius 3 is 2.21 bits per heavy atom. The molecule has 3 aliphatic rings. The number of fused-ring (bicyclic) bond motifs is 14. The molecular formula is C51H30BN3OS. The first-order chi connectivity index (χ1) is 39.5. The van der Waals surface area contributed by atoms with Gasteiger partial charge in [0.1, 0.15) is 5.58 Å². The number of nitrogens with zero attached hydrogens (tertiary/aromatic N) is 3. The van der Waals surface area contributed by atoms with Gasteiger partial charge in [0.15, 0.2) is 0 Å². The fourth-order valence-corrected chi connectivity index (χ4v) is 9.48. The number of hydrogen-bond acceptors (Lipinski definition) is 4. The van der Waals surface area contributed by atoms with Gasteiger partial charge in [0.05, 0.1) is 76.5 Å². The minimum absolute atomic E-state index is 0.0926. The second-order valence-corrected chi connectivity index (χ2v) is 14.6. The number of aromatic nitrogens is 1. The van der Waals surface area contributed by atoms with Crippen LogP contribution in [-0.4, -0.2) is 11.3 Å². The Bertz CT molecular complexity index is 5140. The van der Waals surface area contributed by atoms with Crippen LogP contribution in [0.3, 0.4) is 0 Å². The largest absolute Gasteiger partial charge is 0.468 e. The highest BCUT2D eigenvalue weighted by Crippen LogP contribution is 2.53. The van der Waals surface area contributed by atoms with Gasteiger partial charge in [-0.2, -0.15) is 0 Å². The first-order valence-corrected chi connectivity index (χ1v) is 18.3. The third-order valence-corrected chi connectivity index (χ3v) is 11.7. The summed E-state index contributed by atoms with van der Waals surface area (Å²) in [7, 11) is 0. The molecule has 6 heteroatoms. The quantitative estimate of drug-likeness (QED) is 0.164. The van der Waals surface area contributed by atoms with Crippen LogP contribution >= 0.6 is 11.3 Å². The zero-order valence-corrected chi connectivity index (χ0v) is 29.6. The Balaban J connectivity index is 1.25. The summed E-state index contributed by atoms with van der Waals surface area (Å²) in [6, 6.07) is -19.9. The molecule has 0 N–H and O–H groups in total. The molecule has 0 saturated heterocycles. The first kappa shape index (κ1) is 14.8. The zero-order valence-electron chi connectivity index (χ0n) is 55.7. The van der Waals surface area contributed by atoms with Crippen molar-refractivity contribution >= 4 is 122 Å². The lowest BCUT2D eigenvalue weighted by Gasteiger charge is -2.44. The summed E-state index contributed by atoms with van der Waals surface area (Å²) in [6.45, 7) is -0.445. The highest BCUT2D eigenvalue weighted by atomic mass is 32.1. The summed E-state index contributed by atoms with van der Waals surface area (Å²) in [5.41, 5.74) is -6.65. The predicted octanol–water partition coefficient (Wildman–Crippen LogP) is 12.3. The van der Waals surface area contributed by atoms with Gasteiger partial charge in [-0.05, 0) is 95.0 Å². The molecule has 0 radical (unpaired) electrons. The Labute approximate surface area is 370 Å². The Morgan fingerprint density at radius 1 is 0.544 bits per heavy atom. The van der Waals surface area contributed by atoms with E-state index in [2.05, 4.69) is 0 Å². The van der Waals surface area contributed by atoms with Gasteiger partial charge in [0.25, 0.3) is 6.71 Å². The lowest BCUT2D eigenvalue weighted by molar-refractivity contribution is 0.651. The normalized spacial score (nSPS) is 20.2. The summed E-state index contributed by atoms with van der Waals surface area (Å²) < 4.78 is 259. The van der Waals surface area contributed by atoms with Crippen LogP contribution in [0.1, 0.15) is 42.6 Å². The Morgan fingerprint density at radius 2 is 1.30 bits per heavy atom.